The van der Waals surface area contributed by atoms with Crippen molar-refractivity contribution in [1.29, 1.82) is 0 Å². The first kappa shape index (κ1) is 19.9. The van der Waals surface area contributed by atoms with E-state index in [0.29, 0.717) is 12.1 Å². The van der Waals surface area contributed by atoms with Crippen LogP contribution in [-0.4, -0.2) is 36.6 Å². The summed E-state index contributed by atoms with van der Waals surface area (Å²) in [5.41, 5.74) is 5.92. The van der Waals surface area contributed by atoms with E-state index in [-0.39, 0.29) is 0 Å². The Morgan fingerprint density at radius 3 is 2.42 bits per heavy atom. The van der Waals surface area contributed by atoms with Crippen LogP contribution < -0.4 is 4.90 Å². The zero-order chi connectivity index (χ0) is 22.4. The number of pyridine rings is 2. The van der Waals surface area contributed by atoms with E-state index in [1.165, 1.54) is 19.3 Å². The molecule has 0 amide bonds. The lowest BCUT2D eigenvalue weighted by Crippen LogP contribution is -2.44. The quantitative estimate of drug-likeness (QED) is 0.361. The average Bonchev–Trinajstić information content (AvgIpc) is 3.27. The van der Waals surface area contributed by atoms with E-state index >= 15 is 0 Å². The maximum atomic E-state index is 4.81. The number of rotatable bonds is 3. The van der Waals surface area contributed by atoms with Gasteiger partial charge in [0, 0.05) is 58.9 Å². The number of para-hydroxylation sites is 1. The fraction of sp³-hybridized carbons (Fsp3) is 0.259. The van der Waals surface area contributed by atoms with Crippen molar-refractivity contribution in [2.75, 3.05) is 4.90 Å². The van der Waals surface area contributed by atoms with Gasteiger partial charge in [0.2, 0.25) is 0 Å². The summed E-state index contributed by atoms with van der Waals surface area (Å²) in [7, 11) is 0. The van der Waals surface area contributed by atoms with Crippen LogP contribution in [0.4, 0.5) is 5.82 Å². The second kappa shape index (κ2) is 7.96. The number of benzene rings is 1. The first-order chi connectivity index (χ1) is 16.2. The molecule has 1 aromatic carbocycles. The number of aromatic nitrogens is 5. The van der Waals surface area contributed by atoms with Crippen LogP contribution in [0.5, 0.6) is 0 Å². The molecule has 1 aliphatic heterocycles. The van der Waals surface area contributed by atoms with Crippen molar-refractivity contribution in [3.8, 4) is 22.3 Å². The molecule has 0 spiro atoms. The summed E-state index contributed by atoms with van der Waals surface area (Å²) in [5, 5.41) is 5.70. The average molecular weight is 435 g/mol. The van der Waals surface area contributed by atoms with Crippen LogP contribution in [0.2, 0.25) is 0 Å². The van der Waals surface area contributed by atoms with Gasteiger partial charge >= 0.3 is 0 Å². The summed E-state index contributed by atoms with van der Waals surface area (Å²) >= 11 is 0. The molecule has 0 saturated carbocycles. The van der Waals surface area contributed by atoms with E-state index in [0.717, 1.165) is 44.6 Å². The lowest BCUT2D eigenvalue weighted by molar-refractivity contribution is 0.411. The van der Waals surface area contributed by atoms with Crippen LogP contribution in [0.3, 0.4) is 0 Å². The van der Waals surface area contributed by atoms with Crippen molar-refractivity contribution in [2.24, 2.45) is 0 Å². The fourth-order valence-corrected chi connectivity index (χ4v) is 5.13. The predicted octanol–water partition coefficient (Wildman–Crippen LogP) is 5.77. The molecular weight excluding hydrogens is 408 g/mol. The molecular formula is C27H26N6. The second-order valence-corrected chi connectivity index (χ2v) is 8.99. The number of nitrogens with zero attached hydrogens (tertiary/aromatic N) is 6. The zero-order valence-electron chi connectivity index (χ0n) is 18.9. The van der Waals surface area contributed by atoms with E-state index in [9.17, 15) is 0 Å². The first-order valence-electron chi connectivity index (χ1n) is 11.6. The van der Waals surface area contributed by atoms with E-state index in [2.05, 4.69) is 47.0 Å². The Morgan fingerprint density at radius 2 is 1.61 bits per heavy atom. The number of piperidine rings is 1. The Hall–Kier alpha value is -3.80. The van der Waals surface area contributed by atoms with E-state index in [1.807, 2.05) is 59.8 Å². The van der Waals surface area contributed by atoms with Gasteiger partial charge in [-0.3, -0.25) is 4.98 Å². The molecule has 1 aliphatic rings. The number of anilines is 1. The van der Waals surface area contributed by atoms with E-state index in [1.54, 1.807) is 0 Å². The SMILES string of the molecule is C[C@@H]1CCC[C@H](C)N1c1ccc(-c2cnc3c(-c4ccnc5ccccc45)cnn3c2)cn1. The Bertz CT molecular complexity index is 1420. The first-order valence-corrected chi connectivity index (χ1v) is 11.6. The van der Waals surface area contributed by atoms with Gasteiger partial charge in [-0.05, 0) is 62.9 Å². The monoisotopic (exact) mass is 434 g/mol. The van der Waals surface area contributed by atoms with Crippen LogP contribution in [-0.2, 0) is 0 Å². The maximum Gasteiger partial charge on any atom is 0.162 e. The standard InChI is InChI=1S/C27H26N6/c1-18-6-5-7-19(2)33(18)26-11-10-20(14-29-26)21-15-30-27-24(16-31-32(27)17-21)22-12-13-28-25-9-4-3-8-23(22)25/h3-4,8-19H,5-7H2,1-2H3/t18-,19+. The van der Waals surface area contributed by atoms with Crippen molar-refractivity contribution < 1.29 is 0 Å². The van der Waals surface area contributed by atoms with Gasteiger partial charge in [-0.25, -0.2) is 14.5 Å². The van der Waals surface area contributed by atoms with Gasteiger partial charge in [0.1, 0.15) is 5.82 Å². The highest BCUT2D eigenvalue weighted by atomic mass is 15.2. The van der Waals surface area contributed by atoms with Crippen molar-refractivity contribution in [3.05, 3.63) is 73.4 Å². The number of fused-ring (bicyclic) bond motifs is 2. The second-order valence-electron chi connectivity index (χ2n) is 8.99. The minimum Gasteiger partial charge on any atom is -0.351 e. The van der Waals surface area contributed by atoms with Crippen LogP contribution in [0.25, 0.3) is 38.8 Å². The van der Waals surface area contributed by atoms with Gasteiger partial charge in [-0.15, -0.1) is 0 Å². The van der Waals surface area contributed by atoms with E-state index < -0.39 is 0 Å². The Kier molecular flexibility index (Phi) is 4.79. The largest absolute Gasteiger partial charge is 0.351 e. The third-order valence-electron chi connectivity index (χ3n) is 6.83. The van der Waals surface area contributed by atoms with Crippen molar-refractivity contribution in [1.82, 2.24) is 24.6 Å². The highest BCUT2D eigenvalue weighted by Crippen LogP contribution is 2.32. The molecule has 0 unspecified atom stereocenters. The fourth-order valence-electron chi connectivity index (χ4n) is 5.13. The van der Waals surface area contributed by atoms with Gasteiger partial charge in [0.15, 0.2) is 5.65 Å². The van der Waals surface area contributed by atoms with Crippen LogP contribution >= 0.6 is 0 Å². The minimum absolute atomic E-state index is 0.525. The third-order valence-corrected chi connectivity index (χ3v) is 6.83. The normalized spacial score (nSPS) is 18.8. The van der Waals surface area contributed by atoms with Crippen molar-refractivity contribution >= 4 is 22.4 Å². The molecule has 2 atom stereocenters. The van der Waals surface area contributed by atoms with Gasteiger partial charge < -0.3 is 4.90 Å². The molecule has 1 fully saturated rings. The molecule has 33 heavy (non-hydrogen) atoms. The topological polar surface area (TPSA) is 59.2 Å². The molecule has 0 N–H and O–H groups in total. The van der Waals surface area contributed by atoms with Crippen LogP contribution in [0.15, 0.2) is 73.4 Å². The Labute approximate surface area is 193 Å². The summed E-state index contributed by atoms with van der Waals surface area (Å²) < 4.78 is 1.85. The Morgan fingerprint density at radius 1 is 0.788 bits per heavy atom. The summed E-state index contributed by atoms with van der Waals surface area (Å²) in [5.74, 6) is 1.05. The molecule has 6 heteroatoms. The van der Waals surface area contributed by atoms with Gasteiger partial charge in [0.25, 0.3) is 0 Å². The molecule has 0 aliphatic carbocycles. The molecule has 164 valence electrons. The highest BCUT2D eigenvalue weighted by Gasteiger charge is 2.25. The summed E-state index contributed by atoms with van der Waals surface area (Å²) in [6.45, 7) is 4.59. The Balaban J connectivity index is 1.35. The van der Waals surface area contributed by atoms with Crippen LogP contribution in [0, 0.1) is 0 Å². The zero-order valence-corrected chi connectivity index (χ0v) is 18.9. The molecule has 6 rings (SSSR count). The lowest BCUT2D eigenvalue weighted by atomic mass is 9.97. The van der Waals surface area contributed by atoms with Crippen LogP contribution in [0.1, 0.15) is 33.1 Å². The predicted molar refractivity (Wildman–Crippen MR) is 132 cm³/mol. The molecule has 0 bridgehead atoms. The molecule has 4 aromatic heterocycles. The van der Waals surface area contributed by atoms with E-state index in [4.69, 9.17) is 9.97 Å². The molecule has 5 heterocycles. The highest BCUT2D eigenvalue weighted by molar-refractivity contribution is 5.97. The van der Waals surface area contributed by atoms with Crippen molar-refractivity contribution in [3.63, 3.8) is 0 Å². The van der Waals surface area contributed by atoms with Gasteiger partial charge in [0.05, 0.1) is 11.7 Å². The molecule has 6 nitrogen and oxygen atoms in total. The van der Waals surface area contributed by atoms with Gasteiger partial charge in [-0.1, -0.05) is 18.2 Å². The number of hydrogen-bond donors (Lipinski definition) is 0. The summed E-state index contributed by atoms with van der Waals surface area (Å²) in [6.07, 6.45) is 13.4. The third kappa shape index (κ3) is 3.42. The van der Waals surface area contributed by atoms with Crippen molar-refractivity contribution in [2.45, 2.75) is 45.2 Å². The smallest absolute Gasteiger partial charge is 0.162 e. The summed E-state index contributed by atoms with van der Waals surface area (Å²) in [4.78, 5) is 16.5. The molecule has 0 radical (unpaired) electrons. The lowest BCUT2D eigenvalue weighted by Gasteiger charge is -2.40. The molecule has 5 aromatic rings. The maximum absolute atomic E-state index is 4.81. The summed E-state index contributed by atoms with van der Waals surface area (Å²) in [6, 6.07) is 15.5. The van der Waals surface area contributed by atoms with Gasteiger partial charge in [-0.2, -0.15) is 5.10 Å². The number of hydrogen-bond acceptors (Lipinski definition) is 5. The molecule has 1 saturated heterocycles. The minimum atomic E-state index is 0.525.